The van der Waals surface area contributed by atoms with Gasteiger partial charge in [0.15, 0.2) is 6.10 Å². The molecule has 0 aromatic carbocycles. The molecule has 0 amide bonds. The molecule has 0 aliphatic carbocycles. The second-order valence-corrected chi connectivity index (χ2v) is 21.6. The van der Waals surface area contributed by atoms with Crippen LogP contribution in [0.3, 0.4) is 0 Å². The van der Waals surface area contributed by atoms with Crippen LogP contribution in [-0.2, 0) is 28.6 Å². The third-order valence-electron chi connectivity index (χ3n) is 14.0. The van der Waals surface area contributed by atoms with Gasteiger partial charge in [-0.2, -0.15) is 0 Å². The summed E-state index contributed by atoms with van der Waals surface area (Å²) in [6, 6.07) is 0. The van der Waals surface area contributed by atoms with E-state index in [9.17, 15) is 14.4 Å². The van der Waals surface area contributed by atoms with Crippen molar-refractivity contribution in [3.63, 3.8) is 0 Å². The molecule has 0 aromatic heterocycles. The fourth-order valence-electron chi connectivity index (χ4n) is 9.10. The van der Waals surface area contributed by atoms with Gasteiger partial charge in [0.1, 0.15) is 13.2 Å². The molecule has 0 fully saturated rings. The summed E-state index contributed by atoms with van der Waals surface area (Å²) in [5, 5.41) is 0. The molecule has 0 radical (unpaired) electrons. The zero-order valence-electron chi connectivity index (χ0n) is 51.2. The molecule has 0 aliphatic heterocycles. The highest BCUT2D eigenvalue weighted by Gasteiger charge is 2.19. The summed E-state index contributed by atoms with van der Waals surface area (Å²) in [5.41, 5.74) is 0. The minimum atomic E-state index is -0.783. The zero-order valence-corrected chi connectivity index (χ0v) is 51.2. The van der Waals surface area contributed by atoms with Crippen LogP contribution in [0.2, 0.25) is 0 Å². The van der Waals surface area contributed by atoms with Crippen LogP contribution >= 0.6 is 0 Å². The monoisotopic (exact) mass is 1080 g/mol. The highest BCUT2D eigenvalue weighted by molar-refractivity contribution is 5.71. The van der Waals surface area contributed by atoms with Crippen LogP contribution in [0.25, 0.3) is 0 Å². The Morgan fingerprint density at radius 2 is 0.500 bits per heavy atom. The first-order valence-electron chi connectivity index (χ1n) is 32.9. The smallest absolute Gasteiger partial charge is 0.306 e. The lowest BCUT2D eigenvalue weighted by atomic mass is 10.1. The average Bonchev–Trinajstić information content (AvgIpc) is 3.44. The summed E-state index contributed by atoms with van der Waals surface area (Å²) in [7, 11) is 0. The third kappa shape index (κ3) is 62.9. The molecule has 0 saturated carbocycles. The van der Waals surface area contributed by atoms with Crippen molar-refractivity contribution < 1.29 is 28.6 Å². The summed E-state index contributed by atoms with van der Waals surface area (Å²) in [6.07, 6.45) is 89.7. The van der Waals surface area contributed by atoms with Crippen molar-refractivity contribution in [2.24, 2.45) is 0 Å². The Balaban J connectivity index is 4.20. The standard InChI is InChI=1S/C72H122O6/c1-4-7-10-13-16-19-21-23-25-27-29-31-33-34-35-36-37-38-40-41-43-45-47-49-51-53-56-59-62-65-71(74)77-68-69(67-76-70(73)64-61-58-55-18-15-12-9-6-3)78-72(75)66-63-60-57-54-52-50-48-46-44-42-39-32-30-28-26-24-22-20-17-14-11-8-5-2/h7,10,16,19,22-25,28-31,34-35,37-39,42,69H,4-6,8-9,11-15,17-18,20-21,26-27,32-33,36,40-41,43-68H2,1-3H3/b10-7-,19-16-,24-22-,25-23-,30-28-,31-29-,35-34-,38-37-,42-39-. The number of allylic oxidation sites excluding steroid dienone is 18. The second kappa shape index (κ2) is 65.6. The lowest BCUT2D eigenvalue weighted by Gasteiger charge is -2.18. The Kier molecular flexibility index (Phi) is 62.3. The van der Waals surface area contributed by atoms with E-state index in [1.54, 1.807) is 0 Å². The molecule has 0 heterocycles. The number of rotatable bonds is 59. The maximum Gasteiger partial charge on any atom is 0.306 e. The largest absolute Gasteiger partial charge is 0.462 e. The van der Waals surface area contributed by atoms with Crippen LogP contribution in [0.4, 0.5) is 0 Å². The molecule has 0 rings (SSSR count). The van der Waals surface area contributed by atoms with Gasteiger partial charge in [-0.25, -0.2) is 0 Å². The van der Waals surface area contributed by atoms with Gasteiger partial charge in [0, 0.05) is 19.3 Å². The summed E-state index contributed by atoms with van der Waals surface area (Å²) in [4.78, 5) is 38.2. The highest BCUT2D eigenvalue weighted by Crippen LogP contribution is 2.16. The van der Waals surface area contributed by atoms with Crippen molar-refractivity contribution in [2.45, 2.75) is 316 Å². The lowest BCUT2D eigenvalue weighted by Crippen LogP contribution is -2.30. The molecule has 0 N–H and O–H groups in total. The quantitative estimate of drug-likeness (QED) is 0.0261. The van der Waals surface area contributed by atoms with Crippen molar-refractivity contribution in [1.82, 2.24) is 0 Å². The van der Waals surface area contributed by atoms with E-state index in [4.69, 9.17) is 14.2 Å². The molecule has 78 heavy (non-hydrogen) atoms. The number of carbonyl (C=O) groups excluding carboxylic acids is 3. The predicted octanol–water partition coefficient (Wildman–Crippen LogP) is 22.6. The molecule has 1 unspecified atom stereocenters. The fraction of sp³-hybridized carbons (Fsp3) is 0.708. The summed E-state index contributed by atoms with van der Waals surface area (Å²) in [5.74, 6) is -0.890. The first kappa shape index (κ1) is 74.1. The van der Waals surface area contributed by atoms with E-state index in [1.165, 1.54) is 154 Å². The van der Waals surface area contributed by atoms with Crippen LogP contribution in [0.5, 0.6) is 0 Å². The average molecular weight is 1080 g/mol. The molecule has 1 atom stereocenters. The van der Waals surface area contributed by atoms with Crippen LogP contribution in [0.1, 0.15) is 310 Å². The van der Waals surface area contributed by atoms with Crippen molar-refractivity contribution in [2.75, 3.05) is 13.2 Å². The van der Waals surface area contributed by atoms with E-state index < -0.39 is 6.10 Å². The molecule has 6 heteroatoms. The Bertz CT molecular complexity index is 1570. The van der Waals surface area contributed by atoms with Gasteiger partial charge in [-0.1, -0.05) is 291 Å². The van der Waals surface area contributed by atoms with Gasteiger partial charge in [-0.05, 0) is 109 Å². The van der Waals surface area contributed by atoms with E-state index in [0.29, 0.717) is 19.3 Å². The van der Waals surface area contributed by atoms with E-state index in [2.05, 4.69) is 130 Å². The van der Waals surface area contributed by atoms with E-state index >= 15 is 0 Å². The van der Waals surface area contributed by atoms with Crippen molar-refractivity contribution in [3.8, 4) is 0 Å². The van der Waals surface area contributed by atoms with Gasteiger partial charge >= 0.3 is 17.9 Å². The van der Waals surface area contributed by atoms with Gasteiger partial charge in [-0.3, -0.25) is 14.4 Å². The number of ether oxygens (including phenoxy) is 3. The Labute approximate surface area is 482 Å². The highest BCUT2D eigenvalue weighted by atomic mass is 16.6. The van der Waals surface area contributed by atoms with Gasteiger partial charge in [-0.15, -0.1) is 0 Å². The number of hydrogen-bond acceptors (Lipinski definition) is 6. The molecule has 0 aromatic rings. The van der Waals surface area contributed by atoms with Crippen LogP contribution in [0, 0.1) is 0 Å². The Morgan fingerprint density at radius 3 is 0.782 bits per heavy atom. The van der Waals surface area contributed by atoms with Gasteiger partial charge in [0.25, 0.3) is 0 Å². The zero-order chi connectivity index (χ0) is 56.4. The van der Waals surface area contributed by atoms with Crippen molar-refractivity contribution >= 4 is 17.9 Å². The maximum absolute atomic E-state index is 12.9. The fourth-order valence-corrected chi connectivity index (χ4v) is 9.10. The molecule has 0 saturated heterocycles. The van der Waals surface area contributed by atoms with Gasteiger partial charge in [0.05, 0.1) is 0 Å². The van der Waals surface area contributed by atoms with E-state index in [-0.39, 0.29) is 31.1 Å². The second-order valence-electron chi connectivity index (χ2n) is 21.6. The number of hydrogen-bond donors (Lipinski definition) is 0. The SMILES string of the molecule is CC/C=C\C/C=C\C/C=C\C/C=C\C/C=C\C/C=C\CCCCCCCCCCCCC(=O)OCC(COC(=O)CCCCCCCCCC)OC(=O)CCCCCCCCCC/C=C\C/C=C\C/C=C\CCCCCCC. The summed E-state index contributed by atoms with van der Waals surface area (Å²) >= 11 is 0. The third-order valence-corrected chi connectivity index (χ3v) is 14.0. The van der Waals surface area contributed by atoms with Crippen molar-refractivity contribution in [3.05, 3.63) is 109 Å². The minimum absolute atomic E-state index is 0.0809. The summed E-state index contributed by atoms with van der Waals surface area (Å²) < 4.78 is 16.9. The number of esters is 3. The summed E-state index contributed by atoms with van der Waals surface area (Å²) in [6.45, 7) is 6.49. The predicted molar refractivity (Wildman–Crippen MR) is 339 cm³/mol. The number of carbonyl (C=O) groups is 3. The van der Waals surface area contributed by atoms with Crippen LogP contribution in [0.15, 0.2) is 109 Å². The van der Waals surface area contributed by atoms with Crippen LogP contribution in [-0.4, -0.2) is 37.2 Å². The number of unbranched alkanes of at least 4 members (excludes halogenated alkanes) is 30. The van der Waals surface area contributed by atoms with Gasteiger partial charge in [0.2, 0.25) is 0 Å². The molecule has 0 spiro atoms. The van der Waals surface area contributed by atoms with Gasteiger partial charge < -0.3 is 14.2 Å². The Hall–Kier alpha value is -3.93. The molecule has 6 nitrogen and oxygen atoms in total. The Morgan fingerprint density at radius 1 is 0.269 bits per heavy atom. The molecule has 0 aliphatic rings. The topological polar surface area (TPSA) is 78.9 Å². The van der Waals surface area contributed by atoms with E-state index in [0.717, 1.165) is 116 Å². The van der Waals surface area contributed by atoms with E-state index in [1.807, 2.05) is 0 Å². The molecule has 0 bridgehead atoms. The first-order chi connectivity index (χ1) is 38.5. The first-order valence-corrected chi connectivity index (χ1v) is 32.9. The van der Waals surface area contributed by atoms with Crippen molar-refractivity contribution in [1.29, 1.82) is 0 Å². The molecular formula is C72H122O6. The molecule has 446 valence electrons. The normalized spacial score (nSPS) is 12.8. The van der Waals surface area contributed by atoms with Crippen LogP contribution < -0.4 is 0 Å². The maximum atomic E-state index is 12.9. The minimum Gasteiger partial charge on any atom is -0.462 e. The lowest BCUT2D eigenvalue weighted by molar-refractivity contribution is -0.167. The molecular weight excluding hydrogens is 961 g/mol.